The fraction of sp³-hybridized carbons (Fsp3) is 0.217. The molecule has 2 heterocycles. The van der Waals surface area contributed by atoms with Gasteiger partial charge in [-0.05, 0) is 48.9 Å². The van der Waals surface area contributed by atoms with Crippen molar-refractivity contribution in [3.63, 3.8) is 0 Å². The van der Waals surface area contributed by atoms with E-state index in [0.717, 1.165) is 47.0 Å². The Morgan fingerprint density at radius 1 is 1.10 bits per heavy atom. The molecule has 30 heavy (non-hydrogen) atoms. The Morgan fingerprint density at radius 3 is 2.73 bits per heavy atom. The van der Waals surface area contributed by atoms with Gasteiger partial charge in [0.25, 0.3) is 5.56 Å². The molecule has 2 aromatic heterocycles. The van der Waals surface area contributed by atoms with E-state index >= 15 is 0 Å². The minimum atomic E-state index is -0.125. The van der Waals surface area contributed by atoms with Crippen molar-refractivity contribution in [2.75, 3.05) is 0 Å². The van der Waals surface area contributed by atoms with Gasteiger partial charge in [-0.15, -0.1) is 11.3 Å². The topological polar surface area (TPSA) is 55.0 Å². The number of nitrogens with one attached hydrogen (secondary N) is 1. The molecule has 0 spiro atoms. The molecule has 0 amide bonds. The second-order valence-electron chi connectivity index (χ2n) is 7.34. The van der Waals surface area contributed by atoms with Crippen LogP contribution in [0.25, 0.3) is 21.6 Å². The molecule has 7 heteroatoms. The Bertz CT molecular complexity index is 1300. The summed E-state index contributed by atoms with van der Waals surface area (Å²) in [5, 5.41) is 1.55. The van der Waals surface area contributed by atoms with Gasteiger partial charge in [0.2, 0.25) is 0 Å². The molecule has 0 fully saturated rings. The Morgan fingerprint density at radius 2 is 1.90 bits per heavy atom. The van der Waals surface area contributed by atoms with Crippen LogP contribution in [-0.2, 0) is 19.4 Å². The van der Waals surface area contributed by atoms with Crippen molar-refractivity contribution in [3.05, 3.63) is 78.9 Å². The van der Waals surface area contributed by atoms with E-state index in [-0.39, 0.29) is 5.56 Å². The zero-order valence-electron chi connectivity index (χ0n) is 16.0. The van der Waals surface area contributed by atoms with Crippen molar-refractivity contribution in [1.29, 1.82) is 0 Å². The molecule has 4 aromatic rings. The lowest BCUT2D eigenvalue weighted by Gasteiger charge is -2.14. The van der Waals surface area contributed by atoms with Crippen LogP contribution in [0.3, 0.4) is 0 Å². The van der Waals surface area contributed by atoms with Gasteiger partial charge >= 0.3 is 0 Å². The van der Waals surface area contributed by atoms with Gasteiger partial charge in [0.1, 0.15) is 23.0 Å². The Kier molecular flexibility index (Phi) is 5.27. The summed E-state index contributed by atoms with van der Waals surface area (Å²) in [5.74, 6) is 0.868. The van der Waals surface area contributed by atoms with Crippen LogP contribution >= 0.6 is 34.5 Å². The molecular formula is C23H18Cl2N2O2S. The highest BCUT2D eigenvalue weighted by atomic mass is 35.5. The van der Waals surface area contributed by atoms with Crippen molar-refractivity contribution in [2.24, 2.45) is 0 Å². The molecular weight excluding hydrogens is 439 g/mol. The van der Waals surface area contributed by atoms with E-state index < -0.39 is 0 Å². The first-order valence-electron chi connectivity index (χ1n) is 9.81. The maximum absolute atomic E-state index is 13.0. The van der Waals surface area contributed by atoms with Crippen LogP contribution in [0.15, 0.2) is 47.3 Å². The molecule has 0 saturated heterocycles. The second kappa shape index (κ2) is 8.06. The molecule has 0 aliphatic heterocycles. The predicted molar refractivity (Wildman–Crippen MR) is 123 cm³/mol. The number of halogens is 2. The van der Waals surface area contributed by atoms with E-state index in [9.17, 15) is 4.79 Å². The average Bonchev–Trinajstić information content (AvgIpc) is 3.12. The molecule has 1 aliphatic rings. The first-order chi connectivity index (χ1) is 14.6. The lowest BCUT2D eigenvalue weighted by molar-refractivity contribution is 0.307. The van der Waals surface area contributed by atoms with Crippen molar-refractivity contribution >= 4 is 44.8 Å². The van der Waals surface area contributed by atoms with E-state index in [1.165, 1.54) is 4.88 Å². The Labute approximate surface area is 187 Å². The number of rotatable bonds is 4. The number of aryl methyl sites for hydroxylation is 2. The molecule has 0 unspecified atom stereocenters. The third kappa shape index (κ3) is 3.62. The molecule has 1 aliphatic carbocycles. The van der Waals surface area contributed by atoms with Crippen LogP contribution < -0.4 is 10.3 Å². The minimum absolute atomic E-state index is 0.125. The normalized spacial score (nSPS) is 13.4. The van der Waals surface area contributed by atoms with Crippen molar-refractivity contribution in [1.82, 2.24) is 9.97 Å². The highest BCUT2D eigenvalue weighted by Crippen LogP contribution is 2.39. The molecule has 0 saturated carbocycles. The average molecular weight is 457 g/mol. The maximum atomic E-state index is 13.0. The van der Waals surface area contributed by atoms with E-state index in [2.05, 4.69) is 4.98 Å². The monoisotopic (exact) mass is 456 g/mol. The summed E-state index contributed by atoms with van der Waals surface area (Å²) in [6, 6.07) is 13.2. The Balaban J connectivity index is 1.61. The molecule has 5 rings (SSSR count). The number of thiophene rings is 1. The molecule has 4 nitrogen and oxygen atoms in total. The molecule has 0 bridgehead atoms. The van der Waals surface area contributed by atoms with Crippen molar-refractivity contribution in [3.8, 4) is 17.1 Å². The van der Waals surface area contributed by atoms with E-state index in [0.29, 0.717) is 33.8 Å². The number of ether oxygens (including phenoxy) is 1. The molecule has 152 valence electrons. The van der Waals surface area contributed by atoms with Gasteiger partial charge in [-0.1, -0.05) is 53.5 Å². The fourth-order valence-corrected chi connectivity index (χ4v) is 5.71. The molecule has 0 radical (unpaired) electrons. The maximum Gasteiger partial charge on any atom is 0.260 e. The van der Waals surface area contributed by atoms with Crippen LogP contribution in [-0.4, -0.2) is 9.97 Å². The molecule has 0 atom stereocenters. The van der Waals surface area contributed by atoms with Gasteiger partial charge < -0.3 is 9.72 Å². The lowest BCUT2D eigenvalue weighted by Crippen LogP contribution is -2.11. The third-order valence-electron chi connectivity index (χ3n) is 5.31. The van der Waals surface area contributed by atoms with Crippen molar-refractivity contribution < 1.29 is 4.74 Å². The van der Waals surface area contributed by atoms with Gasteiger partial charge in [0.05, 0.1) is 16.0 Å². The standard InChI is InChI=1S/C23H18Cl2N2O2S/c24-14-10-16(20(17(25)11-14)29-12-13-6-2-1-3-7-13)21-26-22(28)19-15-8-4-5-9-18(15)30-23(19)27-21/h1-3,6-7,10-11H,4-5,8-9,12H2,(H,26,27,28). The fourth-order valence-electron chi connectivity index (χ4n) is 3.90. The summed E-state index contributed by atoms with van der Waals surface area (Å²) in [6.45, 7) is 0.342. The number of H-pyrrole nitrogens is 1. The first kappa shape index (κ1) is 19.6. The number of nitrogens with zero attached hydrogens (tertiary/aromatic N) is 1. The molecule has 1 N–H and O–H groups in total. The smallest absolute Gasteiger partial charge is 0.260 e. The number of fused-ring (bicyclic) bond motifs is 3. The summed E-state index contributed by atoms with van der Waals surface area (Å²) >= 11 is 14.3. The largest absolute Gasteiger partial charge is 0.487 e. The van der Waals surface area contributed by atoms with E-state index in [4.69, 9.17) is 32.9 Å². The van der Waals surface area contributed by atoms with Gasteiger partial charge in [-0.25, -0.2) is 4.98 Å². The lowest BCUT2D eigenvalue weighted by atomic mass is 9.97. The molecule has 2 aromatic carbocycles. The van der Waals surface area contributed by atoms with Gasteiger partial charge in [0.15, 0.2) is 0 Å². The van der Waals surface area contributed by atoms with Crippen LogP contribution in [0, 0.1) is 0 Å². The number of aromatic nitrogens is 2. The summed E-state index contributed by atoms with van der Waals surface area (Å²) < 4.78 is 6.05. The predicted octanol–water partition coefficient (Wildman–Crippen LogP) is 6.42. The van der Waals surface area contributed by atoms with Gasteiger partial charge in [0, 0.05) is 9.90 Å². The van der Waals surface area contributed by atoms with Crippen LogP contribution in [0.2, 0.25) is 10.0 Å². The summed E-state index contributed by atoms with van der Waals surface area (Å²) in [7, 11) is 0. The van der Waals surface area contributed by atoms with Gasteiger partial charge in [-0.3, -0.25) is 4.79 Å². The zero-order chi connectivity index (χ0) is 20.7. The third-order valence-corrected chi connectivity index (χ3v) is 7.00. The van der Waals surface area contributed by atoms with E-state index in [1.54, 1.807) is 23.5 Å². The van der Waals surface area contributed by atoms with Crippen molar-refractivity contribution in [2.45, 2.75) is 32.3 Å². The summed E-state index contributed by atoms with van der Waals surface area (Å²) in [6.07, 6.45) is 4.22. The SMILES string of the molecule is O=c1[nH]c(-c2cc(Cl)cc(Cl)c2OCc2ccccc2)nc2sc3c(c12)CCCC3. The quantitative estimate of drug-likeness (QED) is 0.385. The van der Waals surface area contributed by atoms with Crippen LogP contribution in [0.5, 0.6) is 5.75 Å². The van der Waals surface area contributed by atoms with Crippen LogP contribution in [0.1, 0.15) is 28.8 Å². The van der Waals surface area contributed by atoms with E-state index in [1.807, 2.05) is 30.3 Å². The first-order valence-corrected chi connectivity index (χ1v) is 11.4. The Hall–Kier alpha value is -2.34. The number of benzene rings is 2. The number of hydrogen-bond acceptors (Lipinski definition) is 4. The number of hydrogen-bond donors (Lipinski definition) is 1. The number of aromatic amines is 1. The second-order valence-corrected chi connectivity index (χ2v) is 9.27. The minimum Gasteiger partial charge on any atom is -0.487 e. The van der Waals surface area contributed by atoms with Gasteiger partial charge in [-0.2, -0.15) is 0 Å². The summed E-state index contributed by atoms with van der Waals surface area (Å²) in [5.41, 5.74) is 2.62. The van der Waals surface area contributed by atoms with Crippen LogP contribution in [0.4, 0.5) is 0 Å². The highest BCUT2D eigenvalue weighted by Gasteiger charge is 2.22. The summed E-state index contributed by atoms with van der Waals surface area (Å²) in [4.78, 5) is 22.7. The zero-order valence-corrected chi connectivity index (χ0v) is 18.3. The highest BCUT2D eigenvalue weighted by molar-refractivity contribution is 7.18.